The van der Waals surface area contributed by atoms with Crippen LogP contribution in [0.4, 0.5) is 5.69 Å². The van der Waals surface area contributed by atoms with Crippen LogP contribution >= 0.6 is 11.8 Å². The molecule has 2 N–H and O–H groups in total. The molecule has 1 amide bonds. The molecule has 3 aromatic rings. The third-order valence-corrected chi connectivity index (χ3v) is 5.16. The fraction of sp³-hybridized carbons (Fsp3) is 0.286. The van der Waals surface area contributed by atoms with E-state index in [0.29, 0.717) is 17.6 Å². The molecule has 0 atom stereocenters. The van der Waals surface area contributed by atoms with Crippen molar-refractivity contribution >= 4 is 23.4 Å². The Morgan fingerprint density at radius 2 is 1.83 bits per heavy atom. The zero-order valence-electron chi connectivity index (χ0n) is 16.8. The minimum atomic E-state index is -0.0122. The van der Waals surface area contributed by atoms with Crippen LogP contribution in [-0.2, 0) is 4.79 Å². The van der Waals surface area contributed by atoms with Gasteiger partial charge in [0.2, 0.25) is 11.1 Å². The van der Waals surface area contributed by atoms with Crippen LogP contribution in [0.25, 0.3) is 11.4 Å². The first-order valence-electron chi connectivity index (χ1n) is 9.45. The lowest BCUT2D eigenvalue weighted by Gasteiger charge is -2.26. The van der Waals surface area contributed by atoms with Crippen LogP contribution in [0.1, 0.15) is 20.8 Å². The highest BCUT2D eigenvalue weighted by Crippen LogP contribution is 2.25. The molecule has 0 radical (unpaired) electrons. The van der Waals surface area contributed by atoms with E-state index >= 15 is 0 Å². The van der Waals surface area contributed by atoms with E-state index in [1.165, 1.54) is 16.4 Å². The number of nitrogens with zero attached hydrogens (tertiary/aromatic N) is 4. The van der Waals surface area contributed by atoms with Crippen molar-refractivity contribution in [3.8, 4) is 17.1 Å². The summed E-state index contributed by atoms with van der Waals surface area (Å²) in [5, 5.41) is 8.81. The molecule has 0 aliphatic carbocycles. The summed E-state index contributed by atoms with van der Waals surface area (Å²) in [5.41, 5.74) is 1.70. The molecule has 7 nitrogen and oxygen atoms in total. The average molecular weight is 412 g/mol. The first-order chi connectivity index (χ1) is 14.0. The summed E-state index contributed by atoms with van der Waals surface area (Å²) in [6, 6.07) is 17.2. The standard InChI is InChI=1S/C21H25N5O2S/c1-4-28-18-12-10-16(11-13-18)20-23-24-21(26(20)22)29-14-19(27)25(15(2)3)17-8-6-5-7-9-17/h5-13,15H,4,14,22H2,1-3H3. The van der Waals surface area contributed by atoms with Crippen molar-refractivity contribution in [1.29, 1.82) is 0 Å². The van der Waals surface area contributed by atoms with Crippen molar-refractivity contribution < 1.29 is 9.53 Å². The Morgan fingerprint density at radius 3 is 2.45 bits per heavy atom. The molecule has 1 heterocycles. The molecule has 152 valence electrons. The molecule has 3 rings (SSSR count). The van der Waals surface area contributed by atoms with Crippen LogP contribution < -0.4 is 15.5 Å². The number of para-hydroxylation sites is 1. The van der Waals surface area contributed by atoms with Gasteiger partial charge in [-0.1, -0.05) is 30.0 Å². The van der Waals surface area contributed by atoms with E-state index in [9.17, 15) is 4.79 Å². The first-order valence-corrected chi connectivity index (χ1v) is 10.4. The number of carbonyl (C=O) groups is 1. The Balaban J connectivity index is 1.70. The number of anilines is 1. The SMILES string of the molecule is CCOc1ccc(-c2nnc(SCC(=O)N(c3ccccc3)C(C)C)n2N)cc1. The number of carbonyl (C=O) groups excluding carboxylic acids is 1. The van der Waals surface area contributed by atoms with Crippen molar-refractivity contribution in [1.82, 2.24) is 14.9 Å². The van der Waals surface area contributed by atoms with Gasteiger partial charge in [-0.15, -0.1) is 10.2 Å². The van der Waals surface area contributed by atoms with E-state index in [0.717, 1.165) is 17.0 Å². The molecule has 0 aliphatic rings. The van der Waals surface area contributed by atoms with Crippen LogP contribution in [0.2, 0.25) is 0 Å². The quantitative estimate of drug-likeness (QED) is 0.450. The largest absolute Gasteiger partial charge is 0.494 e. The van der Waals surface area contributed by atoms with Gasteiger partial charge >= 0.3 is 0 Å². The highest BCUT2D eigenvalue weighted by Gasteiger charge is 2.21. The number of hydrogen-bond acceptors (Lipinski definition) is 6. The number of benzene rings is 2. The monoisotopic (exact) mass is 411 g/mol. The highest BCUT2D eigenvalue weighted by molar-refractivity contribution is 7.99. The number of aromatic nitrogens is 3. The molecule has 0 spiro atoms. The summed E-state index contributed by atoms with van der Waals surface area (Å²) in [6.07, 6.45) is 0. The fourth-order valence-electron chi connectivity index (χ4n) is 2.95. The normalized spacial score (nSPS) is 10.9. The predicted molar refractivity (Wildman–Crippen MR) is 117 cm³/mol. The number of amides is 1. The van der Waals surface area contributed by atoms with Gasteiger partial charge in [-0.3, -0.25) is 4.79 Å². The summed E-state index contributed by atoms with van der Waals surface area (Å²) in [7, 11) is 0. The zero-order valence-corrected chi connectivity index (χ0v) is 17.6. The Labute approximate surface area is 174 Å². The van der Waals surface area contributed by atoms with Gasteiger partial charge in [0.25, 0.3) is 0 Å². The smallest absolute Gasteiger partial charge is 0.237 e. The molecule has 0 saturated carbocycles. The van der Waals surface area contributed by atoms with Gasteiger partial charge in [-0.2, -0.15) is 0 Å². The van der Waals surface area contributed by atoms with Gasteiger partial charge in [0.1, 0.15) is 5.75 Å². The lowest BCUT2D eigenvalue weighted by atomic mass is 10.2. The maximum absolute atomic E-state index is 12.8. The van der Waals surface area contributed by atoms with Gasteiger partial charge in [-0.25, -0.2) is 4.68 Å². The van der Waals surface area contributed by atoms with E-state index in [-0.39, 0.29) is 17.7 Å². The van der Waals surface area contributed by atoms with Gasteiger partial charge in [-0.05, 0) is 57.2 Å². The Morgan fingerprint density at radius 1 is 1.14 bits per heavy atom. The third kappa shape index (κ3) is 4.89. The molecule has 8 heteroatoms. The maximum Gasteiger partial charge on any atom is 0.237 e. The molecule has 1 aromatic heterocycles. The van der Waals surface area contributed by atoms with Crippen molar-refractivity contribution in [3.63, 3.8) is 0 Å². The summed E-state index contributed by atoms with van der Waals surface area (Å²) < 4.78 is 6.87. The fourth-order valence-corrected chi connectivity index (χ4v) is 3.67. The second-order valence-electron chi connectivity index (χ2n) is 6.62. The Bertz CT molecular complexity index is 941. The van der Waals surface area contributed by atoms with E-state index in [1.54, 1.807) is 4.90 Å². The van der Waals surface area contributed by atoms with E-state index in [1.807, 2.05) is 75.4 Å². The van der Waals surface area contributed by atoms with Crippen LogP contribution in [-0.4, -0.2) is 39.2 Å². The van der Waals surface area contributed by atoms with Gasteiger partial charge in [0.05, 0.1) is 12.4 Å². The number of nitrogens with two attached hydrogens (primary N) is 1. The maximum atomic E-state index is 12.8. The molecule has 0 saturated heterocycles. The lowest BCUT2D eigenvalue weighted by Crippen LogP contribution is -2.38. The Kier molecular flexibility index (Phi) is 6.77. The molecule has 2 aromatic carbocycles. The van der Waals surface area contributed by atoms with Crippen LogP contribution in [0.5, 0.6) is 5.75 Å². The van der Waals surface area contributed by atoms with Crippen molar-refractivity contribution in [2.75, 3.05) is 23.1 Å². The average Bonchev–Trinajstić information content (AvgIpc) is 3.08. The summed E-state index contributed by atoms with van der Waals surface area (Å²) >= 11 is 1.27. The minimum Gasteiger partial charge on any atom is -0.494 e. The second kappa shape index (κ2) is 9.47. The minimum absolute atomic E-state index is 0.0122. The van der Waals surface area contributed by atoms with Gasteiger partial charge in [0.15, 0.2) is 5.82 Å². The highest BCUT2D eigenvalue weighted by atomic mass is 32.2. The topological polar surface area (TPSA) is 86.3 Å². The molecule has 0 bridgehead atoms. The van der Waals surface area contributed by atoms with E-state index in [4.69, 9.17) is 10.6 Å². The zero-order chi connectivity index (χ0) is 20.8. The number of ether oxygens (including phenoxy) is 1. The van der Waals surface area contributed by atoms with Crippen molar-refractivity contribution in [3.05, 3.63) is 54.6 Å². The predicted octanol–water partition coefficient (Wildman–Crippen LogP) is 3.59. The summed E-state index contributed by atoms with van der Waals surface area (Å²) in [5.74, 6) is 7.70. The van der Waals surface area contributed by atoms with Gasteiger partial charge in [0, 0.05) is 17.3 Å². The molecule has 0 aliphatic heterocycles. The molecule has 29 heavy (non-hydrogen) atoms. The summed E-state index contributed by atoms with van der Waals surface area (Å²) in [4.78, 5) is 14.6. The van der Waals surface area contributed by atoms with Crippen LogP contribution in [0.3, 0.4) is 0 Å². The molecule has 0 unspecified atom stereocenters. The van der Waals surface area contributed by atoms with Crippen LogP contribution in [0, 0.1) is 0 Å². The van der Waals surface area contributed by atoms with E-state index in [2.05, 4.69) is 10.2 Å². The number of nitrogen functional groups attached to an aromatic ring is 1. The molecule has 0 fully saturated rings. The second-order valence-corrected chi connectivity index (χ2v) is 7.56. The van der Waals surface area contributed by atoms with Crippen molar-refractivity contribution in [2.45, 2.75) is 32.0 Å². The number of rotatable bonds is 8. The lowest BCUT2D eigenvalue weighted by molar-refractivity contribution is -0.116. The number of hydrogen-bond donors (Lipinski definition) is 1. The molecular weight excluding hydrogens is 386 g/mol. The van der Waals surface area contributed by atoms with Gasteiger partial charge < -0.3 is 15.5 Å². The summed E-state index contributed by atoms with van der Waals surface area (Å²) in [6.45, 7) is 6.53. The first kappa shape index (κ1) is 20.7. The Hall–Kier alpha value is -3.00. The number of thioether (sulfide) groups is 1. The van der Waals surface area contributed by atoms with Crippen molar-refractivity contribution in [2.24, 2.45) is 0 Å². The van der Waals surface area contributed by atoms with Crippen LogP contribution in [0.15, 0.2) is 59.8 Å². The van der Waals surface area contributed by atoms with E-state index < -0.39 is 0 Å². The molecular formula is C21H25N5O2S. The third-order valence-electron chi connectivity index (χ3n) is 4.23.